The van der Waals surface area contributed by atoms with Crippen LogP contribution in [0.15, 0.2) is 49.1 Å². The fraction of sp³-hybridized carbons (Fsp3) is 0.476. The van der Waals surface area contributed by atoms with Gasteiger partial charge in [-0.2, -0.15) is 0 Å². The van der Waals surface area contributed by atoms with E-state index < -0.39 is 50.3 Å². The van der Waals surface area contributed by atoms with E-state index in [0.29, 0.717) is 0 Å². The van der Waals surface area contributed by atoms with Gasteiger partial charge in [0.25, 0.3) is 0 Å². The quantitative estimate of drug-likeness (QED) is 0.314. The molecular weight excluding hydrogens is 632 g/mol. The maximum absolute atomic E-state index is 10.6. The van der Waals surface area contributed by atoms with Gasteiger partial charge in [0.1, 0.15) is 0 Å². The Bertz CT molecular complexity index is 641. The van der Waals surface area contributed by atoms with Gasteiger partial charge < -0.3 is 0 Å². The zero-order valence-electron chi connectivity index (χ0n) is 17.0. The van der Waals surface area contributed by atoms with Crippen LogP contribution < -0.4 is 10.7 Å². The van der Waals surface area contributed by atoms with Crippen LogP contribution in [-0.4, -0.2) is 35.8 Å². The Morgan fingerprint density at radius 2 is 1.70 bits per heavy atom. The molecule has 0 amide bonds. The van der Waals surface area contributed by atoms with Crippen molar-refractivity contribution in [3.63, 3.8) is 0 Å². The van der Waals surface area contributed by atoms with Crippen LogP contribution in [-0.2, 0) is 35.9 Å². The zero-order chi connectivity index (χ0) is 19.9. The summed E-state index contributed by atoms with van der Waals surface area (Å²) >= 11 is -2.12. The minimum atomic E-state index is -1.36. The number of carboxylic acids is 1. The van der Waals surface area contributed by atoms with Crippen LogP contribution >= 0.6 is 0 Å². The number of pyridine rings is 2. The fourth-order valence-electron chi connectivity index (χ4n) is 3.11. The van der Waals surface area contributed by atoms with Crippen molar-refractivity contribution < 1.29 is 39.0 Å². The van der Waals surface area contributed by atoms with Crippen molar-refractivity contribution in [3.05, 3.63) is 49.1 Å². The van der Waals surface area contributed by atoms with E-state index in [1.54, 1.807) is 30.3 Å². The van der Waals surface area contributed by atoms with Crippen LogP contribution in [0.4, 0.5) is 0 Å². The van der Waals surface area contributed by atoms with Gasteiger partial charge >= 0.3 is 185 Å². The van der Waals surface area contributed by atoms with Crippen molar-refractivity contribution >= 4 is 31.9 Å². The molecule has 0 aliphatic carbocycles. The second-order valence-electron chi connectivity index (χ2n) is 6.82. The van der Waals surface area contributed by atoms with Crippen molar-refractivity contribution in [1.29, 1.82) is 0 Å². The molecule has 0 bridgehead atoms. The van der Waals surface area contributed by atoms with Gasteiger partial charge in [-0.3, -0.25) is 0 Å². The summed E-state index contributed by atoms with van der Waals surface area (Å²) in [5.41, 5.74) is 0. The van der Waals surface area contributed by atoms with Crippen molar-refractivity contribution in [2.75, 3.05) is 0 Å². The normalized spacial score (nSPS) is 10.1. The molecule has 0 atom stereocenters. The van der Waals surface area contributed by atoms with Gasteiger partial charge in [0.15, 0.2) is 0 Å². The van der Waals surface area contributed by atoms with E-state index in [9.17, 15) is 4.79 Å². The molecule has 0 aliphatic heterocycles. The Morgan fingerprint density at radius 3 is 2.22 bits per heavy atom. The summed E-state index contributed by atoms with van der Waals surface area (Å²) in [6.45, 7) is 7.04. The van der Waals surface area contributed by atoms with E-state index in [0.717, 1.165) is 0 Å². The van der Waals surface area contributed by atoms with Crippen molar-refractivity contribution in [2.24, 2.45) is 0 Å². The molecule has 1 N–H and O–H groups in total. The zero-order valence-corrected chi connectivity index (χ0v) is 25.4. The molecule has 0 spiro atoms. The van der Waals surface area contributed by atoms with Crippen LogP contribution in [0.5, 0.6) is 0 Å². The van der Waals surface area contributed by atoms with E-state index in [2.05, 4.69) is 37.9 Å². The molecule has 0 saturated carbocycles. The number of carboxylic acid groups (broad SMARTS) is 1. The van der Waals surface area contributed by atoms with Crippen LogP contribution in [0.2, 0.25) is 13.3 Å². The van der Waals surface area contributed by atoms with Crippen LogP contribution in [0.3, 0.4) is 0 Å². The standard InChI is InChI=1S/C7H6NO2.C5H4N.3C3H7.Hg.Sn/c9-7(10)6-8-4-2-1-3-5-8;1-2-4-6-5-3-1;3*1-3-2;;/h1-2,4-5H,6H2;1-2,4-5H;3*1,3H2,2H3;;/p+1. The first-order chi connectivity index (χ1) is 13.1. The average Bonchev–Trinajstić information content (AvgIpc) is 2.64. The summed E-state index contributed by atoms with van der Waals surface area (Å²) in [5.74, 6) is -0.815. The van der Waals surface area contributed by atoms with E-state index in [1.165, 1.54) is 25.4 Å². The van der Waals surface area contributed by atoms with Crippen LogP contribution in [0.1, 0.15) is 40.0 Å². The summed E-state index contributed by atoms with van der Waals surface area (Å²) in [6.07, 6.45) is 11.8. The van der Waals surface area contributed by atoms with Gasteiger partial charge in [-0.05, 0) is 0 Å². The van der Waals surface area contributed by atoms with Gasteiger partial charge in [0.2, 0.25) is 0 Å². The Labute approximate surface area is 183 Å². The van der Waals surface area contributed by atoms with Crippen LogP contribution in [0, 0.1) is 0 Å². The van der Waals surface area contributed by atoms with Gasteiger partial charge in [-0.25, -0.2) is 0 Å². The van der Waals surface area contributed by atoms with Gasteiger partial charge in [-0.15, -0.1) is 0 Å². The van der Waals surface area contributed by atoms with Crippen molar-refractivity contribution in [3.8, 4) is 0 Å². The summed E-state index contributed by atoms with van der Waals surface area (Å²) in [6, 6.07) is 8.04. The minimum absolute atomic E-state index is 0.0225. The number of hydrogen-bond acceptors (Lipinski definition) is 2. The van der Waals surface area contributed by atoms with E-state index in [-0.39, 0.29) is 6.54 Å². The molecule has 2 heterocycles. The number of carbonyl (C=O) groups is 1. The summed E-state index contributed by atoms with van der Waals surface area (Å²) < 4.78 is 9.27. The number of rotatable bonds is 10. The summed E-state index contributed by atoms with van der Waals surface area (Å²) in [7, 11) is 0. The molecule has 6 heteroatoms. The SMILES string of the molecule is CC[CH2][Sn]([CH2]CC)[CH2]CC.O=C(O)C[n+]1ccc[c]([Hg][c]2cccnc2)c1. The molecule has 0 aromatic carbocycles. The summed E-state index contributed by atoms with van der Waals surface area (Å²) in [4.78, 5) is 14.7. The molecule has 4 nitrogen and oxygen atoms in total. The predicted molar refractivity (Wildman–Crippen MR) is 109 cm³/mol. The Balaban J connectivity index is 0.000000314. The Kier molecular flexibility index (Phi) is 14.0. The van der Waals surface area contributed by atoms with Gasteiger partial charge in [0, 0.05) is 0 Å². The molecular formula is C21H32HgN2O2Sn+. The number of aliphatic carboxylic acids is 1. The molecule has 0 fully saturated rings. The predicted octanol–water partition coefficient (Wildman–Crippen LogP) is 3.20. The monoisotopic (exact) mass is 666 g/mol. The van der Waals surface area contributed by atoms with Crippen LogP contribution in [0.25, 0.3) is 0 Å². The molecule has 1 radical (unpaired) electrons. The van der Waals surface area contributed by atoms with E-state index in [1.807, 2.05) is 24.5 Å². The first kappa shape index (κ1) is 24.5. The molecule has 0 unspecified atom stereocenters. The first-order valence-corrected chi connectivity index (χ1v) is 21.6. The van der Waals surface area contributed by atoms with Gasteiger partial charge in [-0.1, -0.05) is 0 Å². The molecule has 0 saturated heterocycles. The molecule has 27 heavy (non-hydrogen) atoms. The third-order valence-electron chi connectivity index (χ3n) is 4.18. The molecule has 143 valence electrons. The molecule has 0 aliphatic rings. The number of nitrogens with zero attached hydrogens (tertiary/aromatic N) is 2. The van der Waals surface area contributed by atoms with Crippen molar-refractivity contribution in [1.82, 2.24) is 4.98 Å². The molecule has 2 aromatic heterocycles. The third kappa shape index (κ3) is 11.8. The average molecular weight is 664 g/mol. The third-order valence-corrected chi connectivity index (χ3v) is 20.9. The Morgan fingerprint density at radius 1 is 1.07 bits per heavy atom. The number of aromatic nitrogens is 2. The van der Waals surface area contributed by atoms with E-state index in [4.69, 9.17) is 5.11 Å². The Hall–Kier alpha value is -0.496. The second-order valence-corrected chi connectivity index (χ2v) is 23.1. The topological polar surface area (TPSA) is 54.1 Å². The van der Waals surface area contributed by atoms with E-state index >= 15 is 0 Å². The first-order valence-electron chi connectivity index (χ1n) is 10.0. The fourth-order valence-corrected chi connectivity index (χ4v) is 17.1. The summed E-state index contributed by atoms with van der Waals surface area (Å²) in [5, 5.41) is 8.73. The van der Waals surface area contributed by atoms with Gasteiger partial charge in [0.05, 0.1) is 0 Å². The molecule has 2 rings (SSSR count). The van der Waals surface area contributed by atoms with Crippen molar-refractivity contribution in [2.45, 2.75) is 59.9 Å². The second kappa shape index (κ2) is 15.4. The maximum atomic E-state index is 10.6. The molecule has 2 aromatic rings. The number of hydrogen-bond donors (Lipinski definition) is 1.